The summed E-state index contributed by atoms with van der Waals surface area (Å²) in [6.07, 6.45) is 4.17. The van der Waals surface area contributed by atoms with Crippen LogP contribution in [0.1, 0.15) is 19.0 Å². The fraction of sp³-hybridized carbons (Fsp3) is 0.444. The minimum Gasteiger partial charge on any atom is -0.447 e. The van der Waals surface area contributed by atoms with E-state index in [2.05, 4.69) is 21.8 Å². The van der Waals surface area contributed by atoms with Gasteiger partial charge < -0.3 is 9.64 Å². The number of cyclic esters (lactones) is 1. The Morgan fingerprint density at radius 3 is 2.96 bits per heavy atom. The summed E-state index contributed by atoms with van der Waals surface area (Å²) in [5.74, 6) is 1.56. The maximum absolute atomic E-state index is 12.0. The molecule has 1 unspecified atom stereocenters. The molecule has 7 heteroatoms. The first-order chi connectivity index (χ1) is 12.1. The number of pyridine rings is 1. The van der Waals surface area contributed by atoms with Crippen molar-refractivity contribution in [3.05, 3.63) is 36.3 Å². The summed E-state index contributed by atoms with van der Waals surface area (Å²) < 4.78 is 5.31. The molecule has 4 rings (SSSR count). The number of carbonyl (C=O) groups is 1. The molecular weight excluding hydrogens is 318 g/mol. The SMILES string of the molecule is CCC12COC(=O)N1CCN(c1cc(C)nc(-c3cccnc3)n1)C2. The molecule has 25 heavy (non-hydrogen) atoms. The highest BCUT2D eigenvalue weighted by Crippen LogP contribution is 2.33. The van der Waals surface area contributed by atoms with Crippen molar-refractivity contribution in [2.24, 2.45) is 0 Å². The molecule has 1 amide bonds. The predicted octanol–water partition coefficient (Wildman–Crippen LogP) is 2.27. The number of aromatic nitrogens is 3. The fourth-order valence-corrected chi connectivity index (χ4v) is 3.60. The minimum atomic E-state index is -0.261. The number of anilines is 1. The molecule has 2 saturated heterocycles. The lowest BCUT2D eigenvalue weighted by Crippen LogP contribution is -2.61. The van der Waals surface area contributed by atoms with Gasteiger partial charge in [-0.05, 0) is 25.5 Å². The van der Waals surface area contributed by atoms with Crippen molar-refractivity contribution in [2.45, 2.75) is 25.8 Å². The van der Waals surface area contributed by atoms with E-state index in [9.17, 15) is 4.79 Å². The Balaban J connectivity index is 1.66. The van der Waals surface area contributed by atoms with E-state index in [4.69, 9.17) is 9.72 Å². The number of rotatable bonds is 3. The van der Waals surface area contributed by atoms with Crippen LogP contribution in [-0.4, -0.2) is 57.7 Å². The average Bonchev–Trinajstić information content (AvgIpc) is 2.99. The van der Waals surface area contributed by atoms with Crippen LogP contribution in [0.3, 0.4) is 0 Å². The van der Waals surface area contributed by atoms with Gasteiger partial charge in [-0.15, -0.1) is 0 Å². The number of nitrogens with zero attached hydrogens (tertiary/aromatic N) is 5. The number of amides is 1. The molecule has 0 bridgehead atoms. The number of ether oxygens (including phenoxy) is 1. The molecule has 2 aromatic rings. The molecule has 2 aliphatic rings. The zero-order valence-electron chi connectivity index (χ0n) is 14.5. The quantitative estimate of drug-likeness (QED) is 0.854. The summed E-state index contributed by atoms with van der Waals surface area (Å²) in [5.41, 5.74) is 1.55. The predicted molar refractivity (Wildman–Crippen MR) is 93.3 cm³/mol. The first-order valence-corrected chi connectivity index (χ1v) is 8.57. The van der Waals surface area contributed by atoms with E-state index in [-0.39, 0.29) is 11.6 Å². The van der Waals surface area contributed by atoms with Crippen LogP contribution in [0.4, 0.5) is 10.6 Å². The van der Waals surface area contributed by atoms with Crippen molar-refractivity contribution in [1.82, 2.24) is 19.9 Å². The van der Waals surface area contributed by atoms with E-state index in [1.807, 2.05) is 30.0 Å². The Morgan fingerprint density at radius 1 is 1.32 bits per heavy atom. The normalized spacial score (nSPS) is 22.7. The van der Waals surface area contributed by atoms with Crippen molar-refractivity contribution in [3.63, 3.8) is 0 Å². The monoisotopic (exact) mass is 339 g/mol. The van der Waals surface area contributed by atoms with Crippen molar-refractivity contribution in [2.75, 3.05) is 31.1 Å². The van der Waals surface area contributed by atoms with Crippen LogP contribution in [0.2, 0.25) is 0 Å². The van der Waals surface area contributed by atoms with Gasteiger partial charge in [0.1, 0.15) is 12.4 Å². The lowest BCUT2D eigenvalue weighted by atomic mass is 9.93. The second-order valence-corrected chi connectivity index (χ2v) is 6.64. The molecule has 0 aromatic carbocycles. The maximum atomic E-state index is 12.0. The van der Waals surface area contributed by atoms with Crippen LogP contribution < -0.4 is 4.90 Å². The molecule has 0 N–H and O–H groups in total. The minimum absolute atomic E-state index is 0.198. The van der Waals surface area contributed by atoms with Crippen LogP contribution in [0.15, 0.2) is 30.6 Å². The van der Waals surface area contributed by atoms with Crippen LogP contribution in [0.5, 0.6) is 0 Å². The lowest BCUT2D eigenvalue weighted by Gasteiger charge is -2.44. The van der Waals surface area contributed by atoms with Gasteiger partial charge in [0.25, 0.3) is 0 Å². The van der Waals surface area contributed by atoms with Crippen molar-refractivity contribution in [1.29, 1.82) is 0 Å². The molecule has 7 nitrogen and oxygen atoms in total. The molecule has 4 heterocycles. The van der Waals surface area contributed by atoms with Crippen molar-refractivity contribution >= 4 is 11.9 Å². The third-order valence-electron chi connectivity index (χ3n) is 5.08. The van der Waals surface area contributed by atoms with Gasteiger partial charge in [-0.1, -0.05) is 6.92 Å². The summed E-state index contributed by atoms with van der Waals surface area (Å²) in [7, 11) is 0. The third-order valence-corrected chi connectivity index (χ3v) is 5.08. The summed E-state index contributed by atoms with van der Waals surface area (Å²) in [6.45, 7) is 6.62. The van der Waals surface area contributed by atoms with E-state index in [0.29, 0.717) is 19.0 Å². The zero-order chi connectivity index (χ0) is 17.4. The highest BCUT2D eigenvalue weighted by Gasteiger charge is 2.49. The molecule has 2 fully saturated rings. The highest BCUT2D eigenvalue weighted by atomic mass is 16.6. The van der Waals surface area contributed by atoms with E-state index in [1.165, 1.54) is 0 Å². The molecular formula is C18H21N5O2. The van der Waals surface area contributed by atoms with Gasteiger partial charge in [-0.3, -0.25) is 9.88 Å². The van der Waals surface area contributed by atoms with E-state index >= 15 is 0 Å². The number of aryl methyl sites for hydroxylation is 1. The Labute approximate surface area is 146 Å². The Bertz CT molecular complexity index is 797. The van der Waals surface area contributed by atoms with Gasteiger partial charge in [0.2, 0.25) is 0 Å². The van der Waals surface area contributed by atoms with Crippen molar-refractivity contribution < 1.29 is 9.53 Å². The standard InChI is InChI=1S/C18H21N5O2/c1-3-18-11-22(7-8-23(18)17(24)25-12-18)15-9-13(2)20-16(21-15)14-5-4-6-19-10-14/h4-6,9-10H,3,7-8,11-12H2,1-2H3. The Kier molecular flexibility index (Phi) is 3.78. The topological polar surface area (TPSA) is 71.5 Å². The molecule has 130 valence electrons. The van der Waals surface area contributed by atoms with Gasteiger partial charge in [-0.25, -0.2) is 14.8 Å². The first-order valence-electron chi connectivity index (χ1n) is 8.57. The molecule has 2 aromatic heterocycles. The number of hydrogen-bond donors (Lipinski definition) is 0. The van der Waals surface area contributed by atoms with Gasteiger partial charge in [0, 0.05) is 49.4 Å². The summed E-state index contributed by atoms with van der Waals surface area (Å²) >= 11 is 0. The maximum Gasteiger partial charge on any atom is 0.410 e. The van der Waals surface area contributed by atoms with Crippen LogP contribution in [0.25, 0.3) is 11.4 Å². The summed E-state index contributed by atoms with van der Waals surface area (Å²) in [4.78, 5) is 29.5. The van der Waals surface area contributed by atoms with Crippen LogP contribution >= 0.6 is 0 Å². The Hall–Kier alpha value is -2.70. The van der Waals surface area contributed by atoms with Crippen molar-refractivity contribution in [3.8, 4) is 11.4 Å². The van der Waals surface area contributed by atoms with Crippen LogP contribution in [-0.2, 0) is 4.74 Å². The summed E-state index contributed by atoms with van der Waals surface area (Å²) in [6, 6.07) is 5.84. The molecule has 2 aliphatic heterocycles. The number of hydrogen-bond acceptors (Lipinski definition) is 6. The smallest absolute Gasteiger partial charge is 0.410 e. The van der Waals surface area contributed by atoms with Gasteiger partial charge in [-0.2, -0.15) is 0 Å². The van der Waals surface area contributed by atoms with Gasteiger partial charge >= 0.3 is 6.09 Å². The number of piperazine rings is 1. The second kappa shape index (κ2) is 5.98. The second-order valence-electron chi connectivity index (χ2n) is 6.64. The molecule has 0 saturated carbocycles. The summed E-state index contributed by atoms with van der Waals surface area (Å²) in [5, 5.41) is 0. The first kappa shape index (κ1) is 15.8. The number of carbonyl (C=O) groups excluding carboxylic acids is 1. The van der Waals surface area contributed by atoms with E-state index < -0.39 is 0 Å². The largest absolute Gasteiger partial charge is 0.447 e. The van der Waals surface area contributed by atoms with Gasteiger partial charge in [0.15, 0.2) is 5.82 Å². The average molecular weight is 339 g/mol. The third kappa shape index (κ3) is 2.69. The molecule has 0 spiro atoms. The molecule has 0 radical (unpaired) electrons. The lowest BCUT2D eigenvalue weighted by molar-refractivity contribution is 0.137. The Morgan fingerprint density at radius 2 is 2.20 bits per heavy atom. The zero-order valence-corrected chi connectivity index (χ0v) is 14.5. The molecule has 1 atom stereocenters. The fourth-order valence-electron chi connectivity index (χ4n) is 3.60. The molecule has 0 aliphatic carbocycles. The van der Waals surface area contributed by atoms with E-state index in [1.54, 1.807) is 12.4 Å². The van der Waals surface area contributed by atoms with Crippen LogP contribution in [0, 0.1) is 6.92 Å². The number of fused-ring (bicyclic) bond motifs is 1. The van der Waals surface area contributed by atoms with Gasteiger partial charge in [0.05, 0.1) is 5.54 Å². The van der Waals surface area contributed by atoms with E-state index in [0.717, 1.165) is 36.6 Å². The highest BCUT2D eigenvalue weighted by molar-refractivity contribution is 5.72.